The number of methoxy groups -OCH3 is 1. The van der Waals surface area contributed by atoms with E-state index in [-0.39, 0.29) is 17.9 Å². The first kappa shape index (κ1) is 19.9. The van der Waals surface area contributed by atoms with Gasteiger partial charge in [-0.1, -0.05) is 29.5 Å². The molecule has 146 valence electrons. The molecule has 0 radical (unpaired) electrons. The number of fused-ring (bicyclic) bond motifs is 1. The van der Waals surface area contributed by atoms with Crippen molar-refractivity contribution in [1.29, 1.82) is 0 Å². The van der Waals surface area contributed by atoms with Gasteiger partial charge in [-0.15, -0.1) is 0 Å². The Bertz CT molecular complexity index is 1210. The van der Waals surface area contributed by atoms with Gasteiger partial charge in [0.25, 0.3) is 5.91 Å². The number of nitrogens with two attached hydrogens (primary N) is 1. The number of amides is 1. The van der Waals surface area contributed by atoms with Crippen molar-refractivity contribution in [2.45, 2.75) is 17.9 Å². The number of esters is 1. The number of aryl methyl sites for hydroxylation is 1. The zero-order valence-corrected chi connectivity index (χ0v) is 16.5. The van der Waals surface area contributed by atoms with Gasteiger partial charge in [-0.25, -0.2) is 13.6 Å². The van der Waals surface area contributed by atoms with E-state index >= 15 is 0 Å². The first-order chi connectivity index (χ1) is 13.3. The average Bonchev–Trinajstić information content (AvgIpc) is 3.02. The summed E-state index contributed by atoms with van der Waals surface area (Å²) in [6.07, 6.45) is 0.0754. The molecule has 0 fully saturated rings. The molecule has 3 rings (SSSR count). The Hall–Kier alpha value is -2.82. The predicted molar refractivity (Wildman–Crippen MR) is 104 cm³/mol. The molecule has 2 N–H and O–H groups in total. The number of aromatic nitrogens is 1. The molecule has 0 bridgehead atoms. The summed E-state index contributed by atoms with van der Waals surface area (Å²) in [6, 6.07) is 12.9. The summed E-state index contributed by atoms with van der Waals surface area (Å²) in [5.74, 6) is -0.848. The molecule has 2 aromatic carbocycles. The van der Waals surface area contributed by atoms with Gasteiger partial charge in [0.2, 0.25) is 10.0 Å². The molecule has 0 aliphatic carbocycles. The van der Waals surface area contributed by atoms with E-state index in [4.69, 9.17) is 5.14 Å². The van der Waals surface area contributed by atoms with E-state index in [0.717, 1.165) is 11.3 Å². The summed E-state index contributed by atoms with van der Waals surface area (Å²) in [5, 5.41) is 5.20. The second-order valence-corrected chi connectivity index (χ2v) is 8.39. The highest BCUT2D eigenvalue weighted by atomic mass is 32.2. The topological polar surface area (TPSA) is 121 Å². The zero-order chi connectivity index (χ0) is 20.3. The summed E-state index contributed by atoms with van der Waals surface area (Å²) in [7, 11) is -2.57. The van der Waals surface area contributed by atoms with Crippen molar-refractivity contribution in [1.82, 2.24) is 4.57 Å². The third-order valence-corrected chi connectivity index (χ3v) is 5.92. The minimum atomic E-state index is -3.87. The van der Waals surface area contributed by atoms with Crippen molar-refractivity contribution < 1.29 is 22.7 Å². The van der Waals surface area contributed by atoms with Gasteiger partial charge >= 0.3 is 5.97 Å². The maximum Gasteiger partial charge on any atom is 0.307 e. The van der Waals surface area contributed by atoms with Crippen molar-refractivity contribution >= 4 is 43.5 Å². The second kappa shape index (κ2) is 8.05. The fourth-order valence-corrected chi connectivity index (χ4v) is 4.28. The monoisotopic (exact) mass is 419 g/mol. The second-order valence-electron chi connectivity index (χ2n) is 5.82. The molecule has 8 nitrogen and oxygen atoms in total. The maximum atomic E-state index is 12.5. The van der Waals surface area contributed by atoms with Crippen LogP contribution in [0.5, 0.6) is 0 Å². The molecular weight excluding hydrogens is 402 g/mol. The fraction of sp³-hybridized carbons (Fsp3) is 0.167. The molecule has 28 heavy (non-hydrogen) atoms. The number of rotatable bonds is 5. The lowest BCUT2D eigenvalue weighted by Gasteiger charge is -2.05. The average molecular weight is 419 g/mol. The number of nitrogens with zero attached hydrogens (tertiary/aromatic N) is 2. The lowest BCUT2D eigenvalue weighted by atomic mass is 10.2. The number of sulfonamides is 1. The summed E-state index contributed by atoms with van der Waals surface area (Å²) < 4.78 is 30.2. The third kappa shape index (κ3) is 4.35. The van der Waals surface area contributed by atoms with Gasteiger partial charge in [0.05, 0.1) is 28.6 Å². The van der Waals surface area contributed by atoms with Crippen LogP contribution >= 0.6 is 11.3 Å². The summed E-state index contributed by atoms with van der Waals surface area (Å²) in [4.78, 5) is 28.5. The van der Waals surface area contributed by atoms with E-state index in [1.54, 1.807) is 41.0 Å². The van der Waals surface area contributed by atoms with Crippen LogP contribution in [0.3, 0.4) is 0 Å². The SMILES string of the molecule is COC(=O)CCn1c(=NC(=O)c2ccccc2)sc2cc(S(N)(=O)=O)ccc21. The van der Waals surface area contributed by atoms with Crippen LogP contribution in [0.2, 0.25) is 0 Å². The quantitative estimate of drug-likeness (QED) is 0.631. The lowest BCUT2D eigenvalue weighted by molar-refractivity contribution is -0.140. The van der Waals surface area contributed by atoms with Crippen LogP contribution in [0.1, 0.15) is 16.8 Å². The smallest absolute Gasteiger partial charge is 0.307 e. The van der Waals surface area contributed by atoms with E-state index in [1.807, 2.05) is 0 Å². The van der Waals surface area contributed by atoms with Gasteiger partial charge in [-0.05, 0) is 30.3 Å². The van der Waals surface area contributed by atoms with Gasteiger partial charge in [-0.3, -0.25) is 9.59 Å². The summed E-state index contributed by atoms with van der Waals surface area (Å²) in [5.41, 5.74) is 1.06. The Morgan fingerprint density at radius 3 is 2.54 bits per heavy atom. The summed E-state index contributed by atoms with van der Waals surface area (Å²) in [6.45, 7) is 0.225. The van der Waals surface area contributed by atoms with Crippen LogP contribution in [0.25, 0.3) is 10.2 Å². The van der Waals surface area contributed by atoms with Crippen LogP contribution in [0.15, 0.2) is 58.4 Å². The van der Waals surface area contributed by atoms with Gasteiger partial charge in [0.1, 0.15) is 0 Å². The largest absolute Gasteiger partial charge is 0.469 e. The molecule has 0 aliphatic heterocycles. The molecule has 0 saturated heterocycles. The van der Waals surface area contributed by atoms with Crippen molar-refractivity contribution in [2.24, 2.45) is 10.1 Å². The van der Waals surface area contributed by atoms with Gasteiger partial charge in [0, 0.05) is 12.1 Å². The zero-order valence-electron chi connectivity index (χ0n) is 14.9. The van der Waals surface area contributed by atoms with E-state index < -0.39 is 21.9 Å². The van der Waals surface area contributed by atoms with Crippen LogP contribution in [-0.4, -0.2) is 32.0 Å². The van der Waals surface area contributed by atoms with Crippen molar-refractivity contribution in [3.8, 4) is 0 Å². The van der Waals surface area contributed by atoms with Gasteiger partial charge < -0.3 is 9.30 Å². The molecule has 1 aromatic heterocycles. The molecule has 3 aromatic rings. The van der Waals surface area contributed by atoms with Crippen LogP contribution < -0.4 is 9.94 Å². The molecule has 0 unspecified atom stereocenters. The maximum absolute atomic E-state index is 12.5. The predicted octanol–water partition coefficient (Wildman–Crippen LogP) is 1.65. The van der Waals surface area contributed by atoms with Gasteiger partial charge in [-0.2, -0.15) is 4.99 Å². The summed E-state index contributed by atoms with van der Waals surface area (Å²) >= 11 is 1.14. The third-order valence-electron chi connectivity index (χ3n) is 3.97. The Kier molecular flexibility index (Phi) is 5.73. The molecule has 0 saturated carbocycles. The van der Waals surface area contributed by atoms with E-state index in [0.29, 0.717) is 20.6 Å². The van der Waals surface area contributed by atoms with Crippen molar-refractivity contribution in [3.63, 3.8) is 0 Å². The normalized spacial score (nSPS) is 12.3. The molecule has 0 atom stereocenters. The molecule has 0 aliphatic rings. The van der Waals surface area contributed by atoms with E-state index in [2.05, 4.69) is 9.73 Å². The molecule has 1 amide bonds. The van der Waals surface area contributed by atoms with Gasteiger partial charge in [0.15, 0.2) is 4.80 Å². The Labute approximate surface area is 164 Å². The number of thiazole rings is 1. The van der Waals surface area contributed by atoms with Crippen LogP contribution in [-0.2, 0) is 26.1 Å². The standard InChI is InChI=1S/C18H17N3O5S2/c1-26-16(22)9-10-21-14-8-7-13(28(19,24)25)11-15(14)27-18(21)20-17(23)12-5-3-2-4-6-12/h2-8,11H,9-10H2,1H3,(H2,19,24,25). The molecule has 1 heterocycles. The number of hydrogen-bond donors (Lipinski definition) is 1. The number of ether oxygens (including phenoxy) is 1. The number of benzene rings is 2. The number of carbonyl (C=O) groups is 2. The Morgan fingerprint density at radius 1 is 1.18 bits per heavy atom. The van der Waals surface area contributed by atoms with E-state index in [9.17, 15) is 18.0 Å². The van der Waals surface area contributed by atoms with Crippen LogP contribution in [0, 0.1) is 0 Å². The minimum Gasteiger partial charge on any atom is -0.469 e. The number of hydrogen-bond acceptors (Lipinski definition) is 6. The van der Waals surface area contributed by atoms with Crippen molar-refractivity contribution in [3.05, 3.63) is 58.9 Å². The molecular formula is C18H17N3O5S2. The number of primary sulfonamides is 1. The molecule has 0 spiro atoms. The Morgan fingerprint density at radius 2 is 1.89 bits per heavy atom. The fourth-order valence-electron chi connectivity index (χ4n) is 2.57. The first-order valence-electron chi connectivity index (χ1n) is 8.16. The lowest BCUT2D eigenvalue weighted by Crippen LogP contribution is -2.19. The Balaban J connectivity index is 2.14. The highest BCUT2D eigenvalue weighted by Crippen LogP contribution is 2.21. The van der Waals surface area contributed by atoms with Crippen LogP contribution in [0.4, 0.5) is 0 Å². The minimum absolute atomic E-state index is 0.0395. The van der Waals surface area contributed by atoms with Crippen molar-refractivity contribution in [2.75, 3.05) is 7.11 Å². The highest BCUT2D eigenvalue weighted by molar-refractivity contribution is 7.89. The molecule has 10 heteroatoms. The number of carbonyl (C=O) groups excluding carboxylic acids is 2. The van der Waals surface area contributed by atoms with E-state index in [1.165, 1.54) is 19.2 Å². The first-order valence-corrected chi connectivity index (χ1v) is 10.5. The highest BCUT2D eigenvalue weighted by Gasteiger charge is 2.14.